The third-order valence-electron chi connectivity index (χ3n) is 8.00. The monoisotopic (exact) mass is 518 g/mol. The Morgan fingerprint density at radius 2 is 0.744 bits per heavy atom. The molecule has 0 saturated heterocycles. The highest BCUT2D eigenvalue weighted by atomic mass is 14.5. The van der Waals surface area contributed by atoms with Crippen molar-refractivity contribution in [2.24, 2.45) is 0 Å². The average molecular weight is 519 g/mol. The van der Waals surface area contributed by atoms with E-state index in [2.05, 4.69) is 86.6 Å². The SMILES string of the molecule is Cc1cc(N)ccc1Cc1ccc(CCCCCCCCCc2ccc(Cc3ccc(N)cc3C)cc2)cc1. The van der Waals surface area contributed by atoms with Crippen molar-refractivity contribution in [3.8, 4) is 0 Å². The number of rotatable bonds is 14. The van der Waals surface area contributed by atoms with Crippen molar-refractivity contribution in [3.63, 3.8) is 0 Å². The highest BCUT2D eigenvalue weighted by Crippen LogP contribution is 2.20. The summed E-state index contributed by atoms with van der Waals surface area (Å²) in [5.74, 6) is 0. The Labute approximate surface area is 236 Å². The number of nitrogen functional groups attached to an aromatic ring is 2. The molecule has 4 aromatic rings. The van der Waals surface area contributed by atoms with E-state index in [0.717, 1.165) is 24.2 Å². The van der Waals surface area contributed by atoms with Crippen LogP contribution >= 0.6 is 0 Å². The molecular weight excluding hydrogens is 472 g/mol. The maximum Gasteiger partial charge on any atom is 0.0316 e. The second-order valence-corrected chi connectivity index (χ2v) is 11.3. The second kappa shape index (κ2) is 14.6. The Morgan fingerprint density at radius 1 is 0.410 bits per heavy atom. The molecule has 204 valence electrons. The van der Waals surface area contributed by atoms with E-state index >= 15 is 0 Å². The maximum atomic E-state index is 5.89. The van der Waals surface area contributed by atoms with Crippen LogP contribution in [0.5, 0.6) is 0 Å². The van der Waals surface area contributed by atoms with E-state index in [1.54, 1.807) is 0 Å². The van der Waals surface area contributed by atoms with Crippen LogP contribution in [0, 0.1) is 13.8 Å². The highest BCUT2D eigenvalue weighted by molar-refractivity contribution is 5.46. The van der Waals surface area contributed by atoms with Crippen LogP contribution in [0.1, 0.15) is 89.5 Å². The molecule has 2 heteroatoms. The first-order valence-corrected chi connectivity index (χ1v) is 14.8. The fourth-order valence-corrected chi connectivity index (χ4v) is 5.46. The summed E-state index contributed by atoms with van der Waals surface area (Å²) in [5.41, 5.74) is 24.4. The Balaban J connectivity index is 1.05. The van der Waals surface area contributed by atoms with Crippen LogP contribution in [-0.2, 0) is 25.7 Å². The number of aryl methyl sites for hydroxylation is 4. The van der Waals surface area contributed by atoms with Gasteiger partial charge >= 0.3 is 0 Å². The molecule has 0 radical (unpaired) electrons. The van der Waals surface area contributed by atoms with Crippen molar-refractivity contribution in [1.29, 1.82) is 0 Å². The summed E-state index contributed by atoms with van der Waals surface area (Å²) in [6.45, 7) is 4.29. The van der Waals surface area contributed by atoms with E-state index in [1.807, 2.05) is 12.1 Å². The van der Waals surface area contributed by atoms with Crippen molar-refractivity contribution in [3.05, 3.63) is 129 Å². The van der Waals surface area contributed by atoms with Gasteiger partial charge in [0.15, 0.2) is 0 Å². The summed E-state index contributed by atoms with van der Waals surface area (Å²) in [4.78, 5) is 0. The van der Waals surface area contributed by atoms with E-state index in [-0.39, 0.29) is 0 Å². The Kier molecular flexibility index (Phi) is 10.7. The van der Waals surface area contributed by atoms with E-state index in [1.165, 1.54) is 102 Å². The van der Waals surface area contributed by atoms with Gasteiger partial charge in [-0.25, -0.2) is 0 Å². The first-order valence-electron chi connectivity index (χ1n) is 14.8. The molecule has 0 fully saturated rings. The number of anilines is 2. The summed E-state index contributed by atoms with van der Waals surface area (Å²) in [6.07, 6.45) is 13.6. The molecule has 0 aliphatic rings. The third kappa shape index (κ3) is 9.32. The van der Waals surface area contributed by atoms with Crippen LogP contribution in [0.25, 0.3) is 0 Å². The van der Waals surface area contributed by atoms with Crippen LogP contribution < -0.4 is 11.5 Å². The van der Waals surface area contributed by atoms with Gasteiger partial charge in [0.2, 0.25) is 0 Å². The smallest absolute Gasteiger partial charge is 0.0316 e. The standard InChI is InChI=1S/C37H46N2/c1-28-24-36(38)22-20-34(28)26-32-16-12-30(13-17-32)10-8-6-4-3-5-7-9-11-31-14-18-33(19-15-31)27-35-21-23-37(39)25-29(35)2/h12-25H,3-11,26-27,38-39H2,1-2H3. The van der Waals surface area contributed by atoms with Gasteiger partial charge < -0.3 is 11.5 Å². The average Bonchev–Trinajstić information content (AvgIpc) is 2.92. The van der Waals surface area contributed by atoms with E-state index in [0.29, 0.717) is 0 Å². The molecule has 2 nitrogen and oxygen atoms in total. The Hall–Kier alpha value is -3.52. The summed E-state index contributed by atoms with van der Waals surface area (Å²) in [7, 11) is 0. The highest BCUT2D eigenvalue weighted by Gasteiger charge is 2.03. The van der Waals surface area contributed by atoms with Gasteiger partial charge in [0.05, 0.1) is 0 Å². The predicted octanol–water partition coefficient (Wildman–Crippen LogP) is 9.17. The maximum absolute atomic E-state index is 5.89. The van der Waals surface area contributed by atoms with Gasteiger partial charge in [-0.3, -0.25) is 0 Å². The third-order valence-corrected chi connectivity index (χ3v) is 8.00. The van der Waals surface area contributed by atoms with Crippen molar-refractivity contribution in [1.82, 2.24) is 0 Å². The van der Waals surface area contributed by atoms with E-state index in [9.17, 15) is 0 Å². The zero-order valence-electron chi connectivity index (χ0n) is 24.0. The first-order chi connectivity index (χ1) is 19.0. The number of unbranched alkanes of at least 4 members (excludes halogenated alkanes) is 6. The Morgan fingerprint density at radius 3 is 1.10 bits per heavy atom. The molecule has 39 heavy (non-hydrogen) atoms. The van der Waals surface area contributed by atoms with Gasteiger partial charge in [-0.15, -0.1) is 0 Å². The van der Waals surface area contributed by atoms with Crippen LogP contribution in [0.3, 0.4) is 0 Å². The zero-order chi connectivity index (χ0) is 27.5. The lowest BCUT2D eigenvalue weighted by atomic mass is 9.97. The number of benzene rings is 4. The number of nitrogens with two attached hydrogens (primary N) is 2. The van der Waals surface area contributed by atoms with Crippen LogP contribution in [0.2, 0.25) is 0 Å². The predicted molar refractivity (Wildman–Crippen MR) is 169 cm³/mol. The molecule has 0 atom stereocenters. The quantitative estimate of drug-likeness (QED) is 0.129. The molecule has 0 heterocycles. The molecule has 4 aromatic carbocycles. The largest absolute Gasteiger partial charge is 0.399 e. The van der Waals surface area contributed by atoms with Crippen LogP contribution in [0.4, 0.5) is 11.4 Å². The normalized spacial score (nSPS) is 11.1. The van der Waals surface area contributed by atoms with E-state index in [4.69, 9.17) is 11.5 Å². The van der Waals surface area contributed by atoms with Crippen molar-refractivity contribution in [2.75, 3.05) is 11.5 Å². The van der Waals surface area contributed by atoms with Crippen LogP contribution in [0.15, 0.2) is 84.9 Å². The summed E-state index contributed by atoms with van der Waals surface area (Å²) >= 11 is 0. The lowest BCUT2D eigenvalue weighted by molar-refractivity contribution is 0.579. The minimum absolute atomic E-state index is 0.842. The van der Waals surface area contributed by atoms with Gasteiger partial charge in [-0.05, 0) is 121 Å². The molecule has 4 N–H and O–H groups in total. The number of hydrogen-bond donors (Lipinski definition) is 2. The van der Waals surface area contributed by atoms with E-state index < -0.39 is 0 Å². The topological polar surface area (TPSA) is 52.0 Å². The fourth-order valence-electron chi connectivity index (χ4n) is 5.46. The minimum atomic E-state index is 0.842. The minimum Gasteiger partial charge on any atom is -0.399 e. The zero-order valence-corrected chi connectivity index (χ0v) is 24.0. The molecule has 0 unspecified atom stereocenters. The molecule has 0 amide bonds. The second-order valence-electron chi connectivity index (χ2n) is 11.3. The lowest BCUT2D eigenvalue weighted by Gasteiger charge is -2.09. The molecule has 0 bridgehead atoms. The van der Waals surface area contributed by atoms with Gasteiger partial charge in [-0.1, -0.05) is 92.8 Å². The number of hydrogen-bond acceptors (Lipinski definition) is 2. The molecule has 0 spiro atoms. The Bertz CT molecular complexity index is 1200. The van der Waals surface area contributed by atoms with Crippen molar-refractivity contribution < 1.29 is 0 Å². The van der Waals surface area contributed by atoms with Crippen molar-refractivity contribution in [2.45, 2.75) is 84.5 Å². The van der Waals surface area contributed by atoms with Gasteiger partial charge in [0, 0.05) is 11.4 Å². The van der Waals surface area contributed by atoms with Gasteiger partial charge in [0.1, 0.15) is 0 Å². The lowest BCUT2D eigenvalue weighted by Crippen LogP contribution is -1.95. The van der Waals surface area contributed by atoms with Gasteiger partial charge in [0.25, 0.3) is 0 Å². The first kappa shape index (κ1) is 28.5. The van der Waals surface area contributed by atoms with Gasteiger partial charge in [-0.2, -0.15) is 0 Å². The molecule has 0 aliphatic carbocycles. The molecule has 0 aliphatic heterocycles. The van der Waals surface area contributed by atoms with Crippen molar-refractivity contribution >= 4 is 11.4 Å². The molecular formula is C37H46N2. The summed E-state index contributed by atoms with van der Waals surface area (Å²) in [6, 6.07) is 30.9. The fraction of sp³-hybridized carbons (Fsp3) is 0.351. The van der Waals surface area contributed by atoms with Crippen LogP contribution in [-0.4, -0.2) is 0 Å². The summed E-state index contributed by atoms with van der Waals surface area (Å²) < 4.78 is 0. The molecule has 0 saturated carbocycles. The summed E-state index contributed by atoms with van der Waals surface area (Å²) in [5, 5.41) is 0. The molecule has 0 aromatic heterocycles. The molecule has 4 rings (SSSR count).